The number of halogens is 1. The lowest BCUT2D eigenvalue weighted by atomic mass is 10.1. The van der Waals surface area contributed by atoms with Gasteiger partial charge in [-0.3, -0.25) is 4.68 Å². The number of pyridine rings is 1. The van der Waals surface area contributed by atoms with Crippen LogP contribution < -0.4 is 4.74 Å². The molecule has 0 aromatic carbocycles. The average molecular weight is 326 g/mol. The molecule has 0 aliphatic rings. The van der Waals surface area contributed by atoms with Gasteiger partial charge < -0.3 is 9.84 Å². The summed E-state index contributed by atoms with van der Waals surface area (Å²) in [6, 6.07) is 3.68. The number of aliphatic hydroxyl groups is 1. The Morgan fingerprint density at radius 3 is 2.79 bits per heavy atom. The summed E-state index contributed by atoms with van der Waals surface area (Å²) in [6.07, 6.45) is 3.28. The molecule has 1 atom stereocenters. The van der Waals surface area contributed by atoms with E-state index < -0.39 is 6.10 Å². The van der Waals surface area contributed by atoms with Crippen LogP contribution in [0.1, 0.15) is 24.3 Å². The van der Waals surface area contributed by atoms with Gasteiger partial charge in [0.25, 0.3) is 0 Å². The summed E-state index contributed by atoms with van der Waals surface area (Å²) in [5, 5.41) is 14.5. The number of ether oxygens (including phenoxy) is 1. The normalized spacial score (nSPS) is 12.4. The third kappa shape index (κ3) is 3.13. The summed E-state index contributed by atoms with van der Waals surface area (Å²) in [5.74, 6) is 0.568. The molecule has 19 heavy (non-hydrogen) atoms. The Kier molecular flexibility index (Phi) is 4.55. The van der Waals surface area contributed by atoms with E-state index >= 15 is 0 Å². The predicted octanol–water partition coefficient (Wildman–Crippen LogP) is 2.35. The van der Waals surface area contributed by atoms with E-state index in [1.54, 1.807) is 30.3 Å². The minimum Gasteiger partial charge on any atom is -0.481 e. The van der Waals surface area contributed by atoms with Gasteiger partial charge in [-0.1, -0.05) is 6.07 Å². The van der Waals surface area contributed by atoms with Gasteiger partial charge in [0, 0.05) is 25.2 Å². The third-order valence-electron chi connectivity index (χ3n) is 2.88. The van der Waals surface area contributed by atoms with Crippen LogP contribution in [0.5, 0.6) is 5.88 Å². The van der Waals surface area contributed by atoms with Crippen molar-refractivity contribution in [2.45, 2.75) is 26.0 Å². The highest BCUT2D eigenvalue weighted by Crippen LogP contribution is 2.26. The fourth-order valence-electron chi connectivity index (χ4n) is 1.93. The minimum absolute atomic E-state index is 0.487. The Morgan fingerprint density at radius 1 is 1.42 bits per heavy atom. The molecule has 2 aromatic rings. The average Bonchev–Trinajstić information content (AvgIpc) is 2.80. The van der Waals surface area contributed by atoms with Crippen LogP contribution >= 0.6 is 15.9 Å². The van der Waals surface area contributed by atoms with E-state index in [4.69, 9.17) is 4.74 Å². The topological polar surface area (TPSA) is 60.2 Å². The Labute approximate surface area is 120 Å². The molecule has 6 heteroatoms. The Bertz CT molecular complexity index is 539. The molecule has 2 rings (SSSR count). The van der Waals surface area contributed by atoms with Crippen molar-refractivity contribution < 1.29 is 9.84 Å². The molecule has 0 radical (unpaired) electrons. The van der Waals surface area contributed by atoms with E-state index in [9.17, 15) is 5.11 Å². The zero-order valence-corrected chi connectivity index (χ0v) is 12.5. The molecule has 0 spiro atoms. The summed E-state index contributed by atoms with van der Waals surface area (Å²) >= 11 is 3.42. The van der Waals surface area contributed by atoms with Crippen LogP contribution in [-0.2, 0) is 13.0 Å². The van der Waals surface area contributed by atoms with Crippen LogP contribution in [0.3, 0.4) is 0 Å². The van der Waals surface area contributed by atoms with Crippen molar-refractivity contribution in [3.8, 4) is 5.88 Å². The molecule has 2 heterocycles. The van der Waals surface area contributed by atoms with Gasteiger partial charge in [0.15, 0.2) is 0 Å². The van der Waals surface area contributed by atoms with Crippen LogP contribution in [0.2, 0.25) is 0 Å². The number of nitrogens with zero attached hydrogens (tertiary/aromatic N) is 3. The van der Waals surface area contributed by atoms with Crippen molar-refractivity contribution in [2.24, 2.45) is 0 Å². The van der Waals surface area contributed by atoms with Crippen LogP contribution in [-0.4, -0.2) is 27.0 Å². The molecule has 5 nitrogen and oxygen atoms in total. The molecule has 0 amide bonds. The molecule has 0 aliphatic heterocycles. The first-order chi connectivity index (χ1) is 9.15. The quantitative estimate of drug-likeness (QED) is 0.916. The lowest BCUT2D eigenvalue weighted by Gasteiger charge is -2.13. The highest BCUT2D eigenvalue weighted by Gasteiger charge is 2.17. The fraction of sp³-hybridized carbons (Fsp3) is 0.385. The molecule has 2 aromatic heterocycles. The molecule has 102 valence electrons. The van der Waals surface area contributed by atoms with E-state index in [0.717, 1.165) is 22.3 Å². The molecule has 0 bridgehead atoms. The first kappa shape index (κ1) is 14.0. The molecule has 0 aliphatic carbocycles. The molecule has 1 N–H and O–H groups in total. The van der Waals surface area contributed by atoms with Crippen molar-refractivity contribution in [3.63, 3.8) is 0 Å². The van der Waals surface area contributed by atoms with Gasteiger partial charge >= 0.3 is 0 Å². The zero-order valence-electron chi connectivity index (χ0n) is 10.9. The van der Waals surface area contributed by atoms with E-state index in [1.807, 2.05) is 13.0 Å². The number of aryl methyl sites for hydroxylation is 1. The van der Waals surface area contributed by atoms with Gasteiger partial charge in [-0.15, -0.1) is 0 Å². The van der Waals surface area contributed by atoms with Gasteiger partial charge in [-0.05, 0) is 28.4 Å². The summed E-state index contributed by atoms with van der Waals surface area (Å²) in [4.78, 5) is 4.13. The van der Waals surface area contributed by atoms with Gasteiger partial charge in [0.05, 0.1) is 23.5 Å². The third-order valence-corrected chi connectivity index (χ3v) is 3.50. The Morgan fingerprint density at radius 2 is 2.21 bits per heavy atom. The first-order valence-electron chi connectivity index (χ1n) is 6.04. The molecule has 1 unspecified atom stereocenters. The number of hydrogen-bond donors (Lipinski definition) is 1. The second-order valence-corrected chi connectivity index (χ2v) is 4.98. The summed E-state index contributed by atoms with van der Waals surface area (Å²) in [6.45, 7) is 2.71. The van der Waals surface area contributed by atoms with Gasteiger partial charge in [0.2, 0.25) is 5.88 Å². The molecule has 0 saturated carbocycles. The molecule has 0 saturated heterocycles. The molecule has 0 fully saturated rings. The van der Waals surface area contributed by atoms with Crippen molar-refractivity contribution >= 4 is 15.9 Å². The van der Waals surface area contributed by atoms with Crippen LogP contribution in [0.15, 0.2) is 29.0 Å². The smallest absolute Gasteiger partial charge is 0.212 e. The van der Waals surface area contributed by atoms with Crippen molar-refractivity contribution in [1.29, 1.82) is 0 Å². The maximum absolute atomic E-state index is 10.3. The lowest BCUT2D eigenvalue weighted by molar-refractivity contribution is 0.166. The number of aromatic nitrogens is 3. The van der Waals surface area contributed by atoms with Crippen LogP contribution in [0.4, 0.5) is 0 Å². The molecular formula is C13H16BrN3O2. The van der Waals surface area contributed by atoms with E-state index in [0.29, 0.717) is 12.3 Å². The van der Waals surface area contributed by atoms with E-state index in [-0.39, 0.29) is 0 Å². The van der Waals surface area contributed by atoms with Crippen LogP contribution in [0, 0.1) is 0 Å². The number of methoxy groups -OCH3 is 1. The van der Waals surface area contributed by atoms with Crippen molar-refractivity contribution in [2.75, 3.05) is 7.11 Å². The van der Waals surface area contributed by atoms with Crippen molar-refractivity contribution in [1.82, 2.24) is 14.8 Å². The lowest BCUT2D eigenvalue weighted by Crippen LogP contribution is -2.11. The predicted molar refractivity (Wildman–Crippen MR) is 75.1 cm³/mol. The van der Waals surface area contributed by atoms with Gasteiger partial charge in [0.1, 0.15) is 6.10 Å². The van der Waals surface area contributed by atoms with E-state index in [1.165, 1.54) is 0 Å². The number of hydrogen-bond acceptors (Lipinski definition) is 4. The summed E-state index contributed by atoms with van der Waals surface area (Å²) in [7, 11) is 1.58. The fourth-order valence-corrected chi connectivity index (χ4v) is 2.49. The highest BCUT2D eigenvalue weighted by atomic mass is 79.9. The zero-order chi connectivity index (χ0) is 13.8. The molecular weight excluding hydrogens is 310 g/mol. The maximum atomic E-state index is 10.3. The number of rotatable bonds is 5. The Hall–Kier alpha value is -1.40. The minimum atomic E-state index is -0.619. The number of aliphatic hydroxyl groups excluding tert-OH is 1. The monoisotopic (exact) mass is 325 g/mol. The highest BCUT2D eigenvalue weighted by molar-refractivity contribution is 9.10. The second kappa shape index (κ2) is 6.16. The SMILES string of the molecule is CCn1ncc(Br)c1C(O)Cc1ccc(OC)nc1. The summed E-state index contributed by atoms with van der Waals surface area (Å²) < 4.78 is 7.61. The van der Waals surface area contributed by atoms with Gasteiger partial charge in [-0.25, -0.2) is 4.98 Å². The maximum Gasteiger partial charge on any atom is 0.212 e. The van der Waals surface area contributed by atoms with Crippen LogP contribution in [0.25, 0.3) is 0 Å². The largest absolute Gasteiger partial charge is 0.481 e. The first-order valence-corrected chi connectivity index (χ1v) is 6.83. The second-order valence-electron chi connectivity index (χ2n) is 4.12. The van der Waals surface area contributed by atoms with Crippen molar-refractivity contribution in [3.05, 3.63) is 40.3 Å². The Balaban J connectivity index is 2.15. The van der Waals surface area contributed by atoms with E-state index in [2.05, 4.69) is 26.0 Å². The summed E-state index contributed by atoms with van der Waals surface area (Å²) in [5.41, 5.74) is 1.74. The standard InChI is InChI=1S/C13H16BrN3O2/c1-3-17-13(10(14)8-16-17)11(18)6-9-4-5-12(19-2)15-7-9/h4-5,7-8,11,18H,3,6H2,1-2H3. The van der Waals surface area contributed by atoms with Gasteiger partial charge in [-0.2, -0.15) is 5.10 Å².